The Morgan fingerprint density at radius 3 is 2.39 bits per heavy atom. The quantitative estimate of drug-likeness (QED) is 0.750. The first-order chi connectivity index (χ1) is 8.41. The van der Waals surface area contributed by atoms with Crippen LogP contribution < -0.4 is 0 Å². The smallest absolute Gasteiger partial charge is 0.220 e. The van der Waals surface area contributed by atoms with Crippen molar-refractivity contribution >= 4 is 5.90 Å². The minimum atomic E-state index is -0.372. The molecule has 0 aromatic heterocycles. The average Bonchev–Trinajstić information content (AvgIpc) is 2.85. The van der Waals surface area contributed by atoms with Crippen LogP contribution in [-0.2, 0) is 9.47 Å². The molecule has 0 unspecified atom stereocenters. The predicted molar refractivity (Wildman–Crippen MR) is 70.9 cm³/mol. The summed E-state index contributed by atoms with van der Waals surface area (Å²) in [6.07, 6.45) is 0.0748. The Balaban J connectivity index is 1.82. The highest BCUT2D eigenvalue weighted by Gasteiger charge is 2.60. The minimum Gasteiger partial charge on any atom is -0.476 e. The summed E-state index contributed by atoms with van der Waals surface area (Å²) in [6, 6.07) is 8.45. The van der Waals surface area contributed by atoms with Gasteiger partial charge in [0.05, 0.1) is 5.54 Å². The van der Waals surface area contributed by atoms with E-state index >= 15 is 0 Å². The lowest BCUT2D eigenvalue weighted by Crippen LogP contribution is -2.21. The SMILES string of the molecule is Cc1ccc([C@@H]2O[C@@]2(C)C2=NC(C)(C)CO2)cc1. The highest BCUT2D eigenvalue weighted by atomic mass is 16.6. The van der Waals surface area contributed by atoms with Gasteiger partial charge in [0.15, 0.2) is 5.60 Å². The molecule has 0 saturated carbocycles. The van der Waals surface area contributed by atoms with Crippen molar-refractivity contribution in [3.8, 4) is 0 Å². The van der Waals surface area contributed by atoms with Gasteiger partial charge in [-0.15, -0.1) is 0 Å². The number of hydrogen-bond donors (Lipinski definition) is 0. The molecule has 0 aliphatic carbocycles. The molecule has 0 radical (unpaired) electrons. The highest BCUT2D eigenvalue weighted by Crippen LogP contribution is 2.51. The first-order valence-electron chi connectivity index (χ1n) is 6.38. The summed E-state index contributed by atoms with van der Waals surface area (Å²) in [5.74, 6) is 0.748. The Bertz CT molecular complexity index is 504. The Morgan fingerprint density at radius 1 is 1.17 bits per heavy atom. The maximum Gasteiger partial charge on any atom is 0.220 e. The zero-order valence-corrected chi connectivity index (χ0v) is 11.4. The van der Waals surface area contributed by atoms with Crippen LogP contribution in [0.1, 0.15) is 38.0 Å². The number of nitrogens with zero attached hydrogens (tertiary/aromatic N) is 1. The van der Waals surface area contributed by atoms with Crippen molar-refractivity contribution in [1.29, 1.82) is 0 Å². The molecule has 0 bridgehead atoms. The molecule has 3 rings (SSSR count). The summed E-state index contributed by atoms with van der Waals surface area (Å²) in [5.41, 5.74) is 1.96. The van der Waals surface area contributed by atoms with E-state index in [-0.39, 0.29) is 17.2 Å². The van der Waals surface area contributed by atoms with Crippen LogP contribution in [0.4, 0.5) is 0 Å². The van der Waals surface area contributed by atoms with Crippen LogP contribution in [-0.4, -0.2) is 23.6 Å². The summed E-state index contributed by atoms with van der Waals surface area (Å²) in [7, 11) is 0. The molecular formula is C15H19NO2. The number of hydrogen-bond acceptors (Lipinski definition) is 3. The van der Waals surface area contributed by atoms with E-state index in [1.807, 2.05) is 0 Å². The van der Waals surface area contributed by atoms with Crippen LogP contribution in [0.15, 0.2) is 29.3 Å². The molecule has 2 aliphatic rings. The Hall–Kier alpha value is -1.35. The Morgan fingerprint density at radius 2 is 1.83 bits per heavy atom. The second kappa shape index (κ2) is 3.58. The van der Waals surface area contributed by atoms with Gasteiger partial charge in [0.2, 0.25) is 5.90 Å². The van der Waals surface area contributed by atoms with E-state index in [1.54, 1.807) is 0 Å². The van der Waals surface area contributed by atoms with Crippen molar-refractivity contribution < 1.29 is 9.47 Å². The highest BCUT2D eigenvalue weighted by molar-refractivity contribution is 5.90. The predicted octanol–water partition coefficient (Wildman–Crippen LogP) is 3.03. The molecule has 3 heteroatoms. The fraction of sp³-hybridized carbons (Fsp3) is 0.533. The Labute approximate surface area is 108 Å². The maximum absolute atomic E-state index is 5.85. The first-order valence-corrected chi connectivity index (χ1v) is 6.38. The molecule has 0 N–H and O–H groups in total. The van der Waals surface area contributed by atoms with Crippen LogP contribution in [0, 0.1) is 6.92 Å². The van der Waals surface area contributed by atoms with Crippen LogP contribution in [0.2, 0.25) is 0 Å². The molecule has 1 saturated heterocycles. The van der Waals surface area contributed by atoms with Crippen LogP contribution in [0.5, 0.6) is 0 Å². The van der Waals surface area contributed by atoms with Gasteiger partial charge in [0.1, 0.15) is 12.7 Å². The second-order valence-electron chi connectivity index (χ2n) is 6.03. The molecule has 3 nitrogen and oxygen atoms in total. The van der Waals surface area contributed by atoms with Crippen molar-refractivity contribution in [2.45, 2.75) is 44.9 Å². The lowest BCUT2D eigenvalue weighted by atomic mass is 10.00. The van der Waals surface area contributed by atoms with E-state index in [4.69, 9.17) is 9.47 Å². The normalized spacial score (nSPS) is 32.9. The second-order valence-corrected chi connectivity index (χ2v) is 6.03. The third-order valence-electron chi connectivity index (χ3n) is 3.58. The molecule has 2 atom stereocenters. The van der Waals surface area contributed by atoms with Gasteiger partial charge < -0.3 is 9.47 Å². The van der Waals surface area contributed by atoms with Crippen molar-refractivity contribution in [3.05, 3.63) is 35.4 Å². The van der Waals surface area contributed by atoms with Crippen LogP contribution in [0.3, 0.4) is 0 Å². The standard InChI is InChI=1S/C15H19NO2/c1-10-5-7-11(8-6-10)12-15(4,18-12)13-16-14(2,3)9-17-13/h5-8,12H,9H2,1-4H3/t12-,15+/m0/s1. The molecule has 0 spiro atoms. The van der Waals surface area contributed by atoms with Gasteiger partial charge in [-0.1, -0.05) is 29.8 Å². The number of aliphatic imine (C=N–C) groups is 1. The molecule has 2 heterocycles. The van der Waals surface area contributed by atoms with Crippen molar-refractivity contribution in [1.82, 2.24) is 0 Å². The Kier molecular flexibility index (Phi) is 2.33. The molecule has 0 amide bonds. The van der Waals surface area contributed by atoms with Gasteiger partial charge in [-0.05, 0) is 33.3 Å². The van der Waals surface area contributed by atoms with Crippen molar-refractivity contribution in [2.75, 3.05) is 6.61 Å². The minimum absolute atomic E-state index is 0.0748. The summed E-state index contributed by atoms with van der Waals surface area (Å²) in [6.45, 7) is 8.93. The number of epoxide rings is 1. The summed E-state index contributed by atoms with van der Waals surface area (Å²) in [4.78, 5) is 4.62. The van der Waals surface area contributed by atoms with E-state index < -0.39 is 0 Å². The molecular weight excluding hydrogens is 226 g/mol. The molecule has 2 aliphatic heterocycles. The molecule has 1 fully saturated rings. The number of aryl methyl sites for hydroxylation is 1. The zero-order chi connectivity index (χ0) is 13.0. The van der Waals surface area contributed by atoms with E-state index in [2.05, 4.69) is 57.0 Å². The number of rotatable bonds is 2. The maximum atomic E-state index is 5.85. The van der Waals surface area contributed by atoms with Crippen LogP contribution >= 0.6 is 0 Å². The third kappa shape index (κ3) is 1.83. The lowest BCUT2D eigenvalue weighted by Gasteiger charge is -2.07. The number of ether oxygens (including phenoxy) is 2. The van der Waals surface area contributed by atoms with Gasteiger partial charge in [-0.2, -0.15) is 0 Å². The van der Waals surface area contributed by atoms with E-state index in [1.165, 1.54) is 11.1 Å². The molecule has 96 valence electrons. The zero-order valence-electron chi connectivity index (χ0n) is 11.4. The van der Waals surface area contributed by atoms with Gasteiger partial charge in [-0.3, -0.25) is 0 Å². The lowest BCUT2D eigenvalue weighted by molar-refractivity contribution is 0.251. The fourth-order valence-electron chi connectivity index (χ4n) is 2.34. The van der Waals surface area contributed by atoms with E-state index in [0.29, 0.717) is 6.61 Å². The average molecular weight is 245 g/mol. The third-order valence-corrected chi connectivity index (χ3v) is 3.58. The summed E-state index contributed by atoms with van der Waals surface area (Å²) >= 11 is 0. The van der Waals surface area contributed by atoms with Crippen molar-refractivity contribution in [3.63, 3.8) is 0 Å². The number of benzene rings is 1. The van der Waals surface area contributed by atoms with Gasteiger partial charge >= 0.3 is 0 Å². The van der Waals surface area contributed by atoms with E-state index in [9.17, 15) is 0 Å². The van der Waals surface area contributed by atoms with Gasteiger partial charge in [0, 0.05) is 0 Å². The van der Waals surface area contributed by atoms with Gasteiger partial charge in [-0.25, -0.2) is 4.99 Å². The first kappa shape index (κ1) is 11.7. The summed E-state index contributed by atoms with van der Waals surface area (Å²) in [5, 5.41) is 0. The topological polar surface area (TPSA) is 34.1 Å². The largest absolute Gasteiger partial charge is 0.476 e. The van der Waals surface area contributed by atoms with Crippen LogP contribution in [0.25, 0.3) is 0 Å². The monoisotopic (exact) mass is 245 g/mol. The fourth-order valence-corrected chi connectivity index (χ4v) is 2.34. The van der Waals surface area contributed by atoms with Crippen molar-refractivity contribution in [2.24, 2.45) is 4.99 Å². The van der Waals surface area contributed by atoms with E-state index in [0.717, 1.165) is 5.90 Å². The summed E-state index contributed by atoms with van der Waals surface area (Å²) < 4.78 is 11.5. The molecule has 1 aromatic carbocycles. The van der Waals surface area contributed by atoms with Gasteiger partial charge in [0.25, 0.3) is 0 Å². The molecule has 1 aromatic rings. The molecule has 18 heavy (non-hydrogen) atoms.